The third-order valence-electron chi connectivity index (χ3n) is 2.63. The summed E-state index contributed by atoms with van der Waals surface area (Å²) in [5.41, 5.74) is 1.83. The summed E-state index contributed by atoms with van der Waals surface area (Å²) in [5, 5.41) is 14.7. The number of benzene rings is 1. The Morgan fingerprint density at radius 2 is 2.00 bits per heavy atom. The first-order valence-electron chi connectivity index (χ1n) is 5.55. The Balaban J connectivity index is 1.91. The highest BCUT2D eigenvalue weighted by atomic mass is 127. The van der Waals surface area contributed by atoms with Gasteiger partial charge >= 0.3 is 5.97 Å². The van der Waals surface area contributed by atoms with Crippen molar-refractivity contribution in [1.29, 1.82) is 0 Å². The van der Waals surface area contributed by atoms with Crippen LogP contribution < -0.4 is 0 Å². The quantitative estimate of drug-likeness (QED) is 0.680. The summed E-state index contributed by atoms with van der Waals surface area (Å²) in [7, 11) is 0. The molecule has 3 rings (SSSR count). The number of carboxylic acids is 1. The predicted octanol–water partition coefficient (Wildman–Crippen LogP) is 3.77. The van der Waals surface area contributed by atoms with Crippen molar-refractivity contribution in [3.8, 4) is 22.8 Å². The molecule has 0 saturated heterocycles. The Hall–Kier alpha value is -1.74. The maximum Gasteiger partial charge on any atom is 0.335 e. The Bertz CT molecular complexity index is 764. The number of nitrogens with zero attached hydrogens (tertiary/aromatic N) is 2. The van der Waals surface area contributed by atoms with E-state index in [9.17, 15) is 4.79 Å². The molecule has 7 heteroatoms. The molecule has 1 aromatic carbocycles. The summed E-state index contributed by atoms with van der Waals surface area (Å²) in [5.74, 6) is -0.0576. The molecule has 100 valence electrons. The minimum absolute atomic E-state index is 0.227. The van der Waals surface area contributed by atoms with Crippen molar-refractivity contribution in [1.82, 2.24) is 10.1 Å². The van der Waals surface area contributed by atoms with Crippen molar-refractivity contribution in [2.75, 3.05) is 0 Å². The SMILES string of the molecule is O=C(O)c1ccc(-c2noc(-c3csc(I)c3)n2)cc1. The zero-order valence-electron chi connectivity index (χ0n) is 9.91. The third kappa shape index (κ3) is 2.59. The topological polar surface area (TPSA) is 76.2 Å². The van der Waals surface area contributed by atoms with E-state index in [0.717, 1.165) is 14.0 Å². The van der Waals surface area contributed by atoms with Gasteiger partial charge in [-0.05, 0) is 40.8 Å². The van der Waals surface area contributed by atoms with Gasteiger partial charge < -0.3 is 9.63 Å². The van der Waals surface area contributed by atoms with Crippen LogP contribution >= 0.6 is 33.9 Å². The molecule has 0 aliphatic heterocycles. The van der Waals surface area contributed by atoms with E-state index in [1.165, 1.54) is 12.1 Å². The van der Waals surface area contributed by atoms with E-state index >= 15 is 0 Å². The number of aromatic carboxylic acids is 1. The van der Waals surface area contributed by atoms with E-state index < -0.39 is 5.97 Å². The molecule has 0 atom stereocenters. The van der Waals surface area contributed by atoms with E-state index in [0.29, 0.717) is 11.7 Å². The summed E-state index contributed by atoms with van der Waals surface area (Å²) in [6.45, 7) is 0. The molecule has 1 N–H and O–H groups in total. The zero-order valence-corrected chi connectivity index (χ0v) is 12.9. The summed E-state index contributed by atoms with van der Waals surface area (Å²) >= 11 is 3.83. The van der Waals surface area contributed by atoms with Gasteiger partial charge in [0.15, 0.2) is 0 Å². The van der Waals surface area contributed by atoms with Crippen LogP contribution in [0.25, 0.3) is 22.8 Å². The maximum atomic E-state index is 10.8. The molecular formula is C13H7IN2O3S. The van der Waals surface area contributed by atoms with Crippen molar-refractivity contribution in [2.24, 2.45) is 0 Å². The molecule has 5 nitrogen and oxygen atoms in total. The lowest BCUT2D eigenvalue weighted by atomic mass is 10.1. The number of rotatable bonds is 3. The highest BCUT2D eigenvalue weighted by molar-refractivity contribution is 14.1. The van der Waals surface area contributed by atoms with Crippen LogP contribution in [0.5, 0.6) is 0 Å². The Kier molecular flexibility index (Phi) is 3.53. The van der Waals surface area contributed by atoms with Crippen LogP contribution in [0.3, 0.4) is 0 Å². The van der Waals surface area contributed by atoms with Crippen LogP contribution in [0.4, 0.5) is 0 Å². The van der Waals surface area contributed by atoms with Crippen molar-refractivity contribution in [2.45, 2.75) is 0 Å². The molecule has 0 unspecified atom stereocenters. The largest absolute Gasteiger partial charge is 0.478 e. The average Bonchev–Trinajstić information content (AvgIpc) is 3.07. The van der Waals surface area contributed by atoms with E-state index in [1.54, 1.807) is 23.5 Å². The first-order valence-corrected chi connectivity index (χ1v) is 7.51. The summed E-state index contributed by atoms with van der Waals surface area (Å²) < 4.78 is 6.36. The van der Waals surface area contributed by atoms with Crippen molar-refractivity contribution in [3.63, 3.8) is 0 Å². The van der Waals surface area contributed by atoms with E-state index in [1.807, 2.05) is 11.4 Å². The van der Waals surface area contributed by atoms with Gasteiger partial charge in [-0.25, -0.2) is 4.79 Å². The van der Waals surface area contributed by atoms with Gasteiger partial charge in [0.25, 0.3) is 5.89 Å². The molecule has 0 spiro atoms. The van der Waals surface area contributed by atoms with Gasteiger partial charge in [0.2, 0.25) is 5.82 Å². The van der Waals surface area contributed by atoms with E-state index in [2.05, 4.69) is 32.7 Å². The first kappa shape index (κ1) is 13.3. The Labute approximate surface area is 131 Å². The fourth-order valence-corrected chi connectivity index (χ4v) is 2.96. The molecule has 0 bridgehead atoms. The molecule has 0 radical (unpaired) electrons. The summed E-state index contributed by atoms with van der Waals surface area (Å²) in [4.78, 5) is 15.1. The van der Waals surface area contributed by atoms with Crippen LogP contribution in [-0.2, 0) is 0 Å². The molecule has 20 heavy (non-hydrogen) atoms. The molecule has 3 aromatic rings. The molecule has 2 heterocycles. The average molecular weight is 398 g/mol. The van der Waals surface area contributed by atoms with Crippen molar-refractivity contribution in [3.05, 3.63) is 44.2 Å². The lowest BCUT2D eigenvalue weighted by molar-refractivity contribution is 0.0697. The second-order valence-electron chi connectivity index (χ2n) is 3.95. The van der Waals surface area contributed by atoms with Gasteiger partial charge in [0.05, 0.1) is 14.0 Å². The lowest BCUT2D eigenvalue weighted by Gasteiger charge is -1.95. The van der Waals surface area contributed by atoms with Crippen LogP contribution in [-0.4, -0.2) is 21.2 Å². The summed E-state index contributed by atoms with van der Waals surface area (Å²) in [6, 6.07) is 8.32. The number of hydrogen-bond acceptors (Lipinski definition) is 5. The minimum Gasteiger partial charge on any atom is -0.478 e. The summed E-state index contributed by atoms with van der Waals surface area (Å²) in [6.07, 6.45) is 0. The van der Waals surface area contributed by atoms with Crippen molar-refractivity contribution < 1.29 is 14.4 Å². The molecule has 0 fully saturated rings. The van der Waals surface area contributed by atoms with Gasteiger partial charge in [-0.3, -0.25) is 0 Å². The number of halogens is 1. The number of thiophene rings is 1. The van der Waals surface area contributed by atoms with Gasteiger partial charge in [-0.1, -0.05) is 17.3 Å². The van der Waals surface area contributed by atoms with Crippen LogP contribution in [0.15, 0.2) is 40.2 Å². The fraction of sp³-hybridized carbons (Fsp3) is 0. The van der Waals surface area contributed by atoms with Crippen molar-refractivity contribution >= 4 is 39.9 Å². The Morgan fingerprint density at radius 3 is 2.60 bits per heavy atom. The maximum absolute atomic E-state index is 10.8. The molecule has 0 aliphatic rings. The highest BCUT2D eigenvalue weighted by Gasteiger charge is 2.12. The van der Waals surface area contributed by atoms with E-state index in [-0.39, 0.29) is 5.56 Å². The molecule has 0 aliphatic carbocycles. The zero-order chi connectivity index (χ0) is 14.1. The highest BCUT2D eigenvalue weighted by Crippen LogP contribution is 2.27. The molecule has 0 saturated carbocycles. The number of carbonyl (C=O) groups is 1. The number of carboxylic acid groups (broad SMARTS) is 1. The third-order valence-corrected chi connectivity index (χ3v) is 4.42. The van der Waals surface area contributed by atoms with Crippen LogP contribution in [0, 0.1) is 2.88 Å². The number of aromatic nitrogens is 2. The standard InChI is InChI=1S/C13H7IN2O3S/c14-10-5-9(6-20-10)12-15-11(16-19-12)7-1-3-8(4-2-7)13(17)18/h1-6H,(H,17,18). The second-order valence-corrected chi connectivity index (χ2v) is 6.75. The van der Waals surface area contributed by atoms with Crippen LogP contribution in [0.2, 0.25) is 0 Å². The molecular weight excluding hydrogens is 391 g/mol. The van der Waals surface area contributed by atoms with E-state index in [4.69, 9.17) is 9.63 Å². The van der Waals surface area contributed by atoms with Crippen LogP contribution in [0.1, 0.15) is 10.4 Å². The predicted molar refractivity (Wildman–Crippen MR) is 82.7 cm³/mol. The normalized spacial score (nSPS) is 10.7. The number of hydrogen-bond donors (Lipinski definition) is 1. The smallest absolute Gasteiger partial charge is 0.335 e. The van der Waals surface area contributed by atoms with Gasteiger partial charge in [-0.2, -0.15) is 4.98 Å². The monoisotopic (exact) mass is 398 g/mol. The lowest BCUT2D eigenvalue weighted by Crippen LogP contribution is -1.95. The van der Waals surface area contributed by atoms with Gasteiger partial charge in [0, 0.05) is 10.9 Å². The fourth-order valence-electron chi connectivity index (χ4n) is 1.64. The molecule has 2 aromatic heterocycles. The minimum atomic E-state index is -0.960. The molecule has 0 amide bonds. The van der Waals surface area contributed by atoms with Gasteiger partial charge in [0.1, 0.15) is 0 Å². The van der Waals surface area contributed by atoms with Gasteiger partial charge in [-0.15, -0.1) is 11.3 Å². The second kappa shape index (κ2) is 5.33. The Morgan fingerprint density at radius 1 is 1.25 bits per heavy atom. The first-order chi connectivity index (χ1) is 9.63.